The number of carbonyl (C=O) groups excluding carboxylic acids is 2. The number of likely N-dealkylation sites (tertiary alicyclic amines) is 1. The van der Waals surface area contributed by atoms with Crippen molar-refractivity contribution in [2.75, 3.05) is 19.7 Å². The summed E-state index contributed by atoms with van der Waals surface area (Å²) in [4.78, 5) is 37.6. The standard InChI is InChI=1S/C26H30N2O5/c29-24(28-15-6-5-8-18(28)16-25(30)31)13-7-14-27-26(32)33-17-23-21-11-3-1-9-19(21)20-10-2-4-12-22(20)23/h1-4,9-12,18,23H,5-8,13-17H2,(H,27,32)(H,30,31)/t18-/m0/s1. The quantitative estimate of drug-likeness (QED) is 0.589. The van der Waals surface area contributed by atoms with Crippen molar-refractivity contribution in [2.45, 2.75) is 50.5 Å². The molecule has 2 aliphatic rings. The molecule has 33 heavy (non-hydrogen) atoms. The van der Waals surface area contributed by atoms with Gasteiger partial charge in [0.1, 0.15) is 6.61 Å². The third kappa shape index (κ3) is 5.35. The lowest BCUT2D eigenvalue weighted by Crippen LogP contribution is -2.44. The van der Waals surface area contributed by atoms with Gasteiger partial charge in [-0.2, -0.15) is 0 Å². The van der Waals surface area contributed by atoms with Gasteiger partial charge in [0.25, 0.3) is 0 Å². The number of alkyl carbamates (subject to hydrolysis) is 1. The fourth-order valence-corrected chi connectivity index (χ4v) is 4.97. The Kier molecular flexibility index (Phi) is 7.27. The smallest absolute Gasteiger partial charge is 0.407 e. The summed E-state index contributed by atoms with van der Waals surface area (Å²) in [5, 5.41) is 11.8. The fourth-order valence-electron chi connectivity index (χ4n) is 4.97. The lowest BCUT2D eigenvalue weighted by molar-refractivity contribution is -0.142. The van der Waals surface area contributed by atoms with E-state index in [1.165, 1.54) is 11.1 Å². The Morgan fingerprint density at radius 3 is 2.33 bits per heavy atom. The number of carbonyl (C=O) groups is 3. The summed E-state index contributed by atoms with van der Waals surface area (Å²) < 4.78 is 5.51. The molecule has 2 aromatic rings. The van der Waals surface area contributed by atoms with Crippen LogP contribution in [0.15, 0.2) is 48.5 Å². The van der Waals surface area contributed by atoms with E-state index in [2.05, 4.69) is 29.6 Å². The number of amides is 2. The van der Waals surface area contributed by atoms with E-state index in [9.17, 15) is 14.4 Å². The maximum Gasteiger partial charge on any atom is 0.407 e. The predicted molar refractivity (Wildman–Crippen MR) is 124 cm³/mol. The van der Waals surface area contributed by atoms with Crippen LogP contribution in [0.2, 0.25) is 0 Å². The van der Waals surface area contributed by atoms with Gasteiger partial charge in [-0.25, -0.2) is 4.79 Å². The topological polar surface area (TPSA) is 95.9 Å². The van der Waals surface area contributed by atoms with Crippen molar-refractivity contribution >= 4 is 18.0 Å². The van der Waals surface area contributed by atoms with Gasteiger partial charge < -0.3 is 20.1 Å². The normalized spacial score (nSPS) is 17.2. The summed E-state index contributed by atoms with van der Waals surface area (Å²) in [5.41, 5.74) is 4.68. The SMILES string of the molecule is O=C(O)C[C@@H]1CCCCN1C(=O)CCCNC(=O)OCC1c2ccccc2-c2ccccc21. The molecule has 0 bridgehead atoms. The molecule has 4 rings (SSSR count). The highest BCUT2D eigenvalue weighted by molar-refractivity contribution is 5.79. The van der Waals surface area contributed by atoms with Crippen LogP contribution in [-0.4, -0.2) is 53.7 Å². The van der Waals surface area contributed by atoms with Gasteiger partial charge in [-0.1, -0.05) is 48.5 Å². The number of benzene rings is 2. The fraction of sp³-hybridized carbons (Fsp3) is 0.423. The van der Waals surface area contributed by atoms with Crippen molar-refractivity contribution in [2.24, 2.45) is 0 Å². The van der Waals surface area contributed by atoms with Gasteiger partial charge in [0, 0.05) is 31.5 Å². The highest BCUT2D eigenvalue weighted by atomic mass is 16.5. The molecule has 0 aromatic heterocycles. The van der Waals surface area contributed by atoms with Crippen LogP contribution in [0.3, 0.4) is 0 Å². The van der Waals surface area contributed by atoms with E-state index in [1.54, 1.807) is 4.90 Å². The van der Waals surface area contributed by atoms with Crippen LogP contribution >= 0.6 is 0 Å². The summed E-state index contributed by atoms with van der Waals surface area (Å²) in [6, 6.07) is 16.1. The van der Waals surface area contributed by atoms with Crippen LogP contribution in [0.4, 0.5) is 4.79 Å². The molecule has 0 spiro atoms. The molecule has 1 heterocycles. The van der Waals surface area contributed by atoms with Crippen LogP contribution in [0.1, 0.15) is 55.6 Å². The van der Waals surface area contributed by atoms with Crippen LogP contribution in [0, 0.1) is 0 Å². The van der Waals surface area contributed by atoms with Crippen LogP contribution in [0.5, 0.6) is 0 Å². The van der Waals surface area contributed by atoms with E-state index in [4.69, 9.17) is 9.84 Å². The Balaban J connectivity index is 1.22. The molecule has 1 aliphatic carbocycles. The highest BCUT2D eigenvalue weighted by Crippen LogP contribution is 2.44. The van der Waals surface area contributed by atoms with Crippen LogP contribution in [-0.2, 0) is 14.3 Å². The molecule has 1 fully saturated rings. The average molecular weight is 451 g/mol. The van der Waals surface area contributed by atoms with Gasteiger partial charge in [-0.15, -0.1) is 0 Å². The van der Waals surface area contributed by atoms with Gasteiger partial charge in [0.2, 0.25) is 5.91 Å². The second kappa shape index (κ2) is 10.5. The number of hydrogen-bond donors (Lipinski definition) is 2. The molecule has 0 radical (unpaired) electrons. The van der Waals surface area contributed by atoms with Crippen molar-refractivity contribution in [1.82, 2.24) is 10.2 Å². The van der Waals surface area contributed by atoms with E-state index in [-0.39, 0.29) is 37.3 Å². The number of ether oxygens (including phenoxy) is 1. The first-order valence-corrected chi connectivity index (χ1v) is 11.6. The second-order valence-electron chi connectivity index (χ2n) is 8.69. The maximum absolute atomic E-state index is 12.6. The van der Waals surface area contributed by atoms with E-state index in [1.807, 2.05) is 24.3 Å². The van der Waals surface area contributed by atoms with E-state index in [0.717, 1.165) is 30.4 Å². The zero-order chi connectivity index (χ0) is 23.2. The average Bonchev–Trinajstić information content (AvgIpc) is 3.14. The number of hydrogen-bond acceptors (Lipinski definition) is 4. The van der Waals surface area contributed by atoms with Crippen LogP contribution < -0.4 is 5.32 Å². The van der Waals surface area contributed by atoms with Crippen molar-refractivity contribution in [3.05, 3.63) is 59.7 Å². The summed E-state index contributed by atoms with van der Waals surface area (Å²) >= 11 is 0. The van der Waals surface area contributed by atoms with Gasteiger partial charge in [0.15, 0.2) is 0 Å². The van der Waals surface area contributed by atoms with Crippen molar-refractivity contribution in [3.8, 4) is 11.1 Å². The molecule has 0 saturated carbocycles. The number of carboxylic acids is 1. The van der Waals surface area contributed by atoms with E-state index in [0.29, 0.717) is 19.5 Å². The van der Waals surface area contributed by atoms with Gasteiger partial charge in [-0.3, -0.25) is 9.59 Å². The van der Waals surface area contributed by atoms with Gasteiger partial charge >= 0.3 is 12.1 Å². The second-order valence-corrected chi connectivity index (χ2v) is 8.69. The Morgan fingerprint density at radius 1 is 1.00 bits per heavy atom. The maximum atomic E-state index is 12.6. The minimum Gasteiger partial charge on any atom is -0.481 e. The molecule has 1 saturated heterocycles. The van der Waals surface area contributed by atoms with Crippen molar-refractivity contribution < 1.29 is 24.2 Å². The number of piperidine rings is 1. The number of fused-ring (bicyclic) bond motifs is 3. The molecule has 174 valence electrons. The first-order valence-electron chi connectivity index (χ1n) is 11.6. The van der Waals surface area contributed by atoms with E-state index < -0.39 is 12.1 Å². The summed E-state index contributed by atoms with van der Waals surface area (Å²) in [5.74, 6) is -0.915. The predicted octanol–water partition coefficient (Wildman–Crippen LogP) is 4.16. The Labute approximate surface area is 193 Å². The van der Waals surface area contributed by atoms with Gasteiger partial charge in [0.05, 0.1) is 6.42 Å². The van der Waals surface area contributed by atoms with Crippen molar-refractivity contribution in [1.29, 1.82) is 0 Å². The number of carboxylic acid groups (broad SMARTS) is 1. The Hall–Kier alpha value is -3.35. The molecular weight excluding hydrogens is 420 g/mol. The lowest BCUT2D eigenvalue weighted by Gasteiger charge is -2.35. The minimum absolute atomic E-state index is 0.00926. The molecule has 2 N–H and O–H groups in total. The number of nitrogens with zero attached hydrogens (tertiary/aromatic N) is 1. The first-order chi connectivity index (χ1) is 16.0. The monoisotopic (exact) mass is 450 g/mol. The molecular formula is C26H30N2O5. The summed E-state index contributed by atoms with van der Waals surface area (Å²) in [7, 11) is 0. The van der Waals surface area contributed by atoms with E-state index >= 15 is 0 Å². The number of rotatable bonds is 8. The minimum atomic E-state index is -0.878. The van der Waals surface area contributed by atoms with Crippen LogP contribution in [0.25, 0.3) is 11.1 Å². The largest absolute Gasteiger partial charge is 0.481 e. The highest BCUT2D eigenvalue weighted by Gasteiger charge is 2.29. The summed E-state index contributed by atoms with van der Waals surface area (Å²) in [6.07, 6.45) is 2.84. The molecule has 0 unspecified atom stereocenters. The summed E-state index contributed by atoms with van der Waals surface area (Å²) in [6.45, 7) is 1.19. The molecule has 1 atom stereocenters. The molecule has 1 aliphatic heterocycles. The zero-order valence-corrected chi connectivity index (χ0v) is 18.7. The lowest BCUT2D eigenvalue weighted by atomic mass is 9.98. The molecule has 2 amide bonds. The zero-order valence-electron chi connectivity index (χ0n) is 18.7. The Bertz CT molecular complexity index is 976. The van der Waals surface area contributed by atoms with Gasteiger partial charge in [-0.05, 0) is 47.9 Å². The molecule has 2 aromatic carbocycles. The first kappa shape index (κ1) is 22.8. The van der Waals surface area contributed by atoms with Crippen molar-refractivity contribution in [3.63, 3.8) is 0 Å². The molecule has 7 nitrogen and oxygen atoms in total. The number of aliphatic carboxylic acids is 1. The molecule has 7 heteroatoms. The third-order valence-electron chi connectivity index (χ3n) is 6.54. The third-order valence-corrected chi connectivity index (χ3v) is 6.54. The number of nitrogens with one attached hydrogen (secondary N) is 1. The Morgan fingerprint density at radius 2 is 1.67 bits per heavy atom.